The van der Waals surface area contributed by atoms with Crippen LogP contribution in [0.4, 0.5) is 5.69 Å². The highest BCUT2D eigenvalue weighted by Gasteiger charge is 2.14. The van der Waals surface area contributed by atoms with Gasteiger partial charge >= 0.3 is 0 Å². The lowest BCUT2D eigenvalue weighted by atomic mass is 10.1. The largest absolute Gasteiger partial charge is 0.490 e. The predicted molar refractivity (Wildman–Crippen MR) is 136 cm³/mol. The molecule has 0 aliphatic heterocycles. The van der Waals surface area contributed by atoms with Crippen LogP contribution in [0.25, 0.3) is 0 Å². The first-order valence-electron chi connectivity index (χ1n) is 11.4. The van der Waals surface area contributed by atoms with Gasteiger partial charge in [0.05, 0.1) is 11.3 Å². The van der Waals surface area contributed by atoms with Gasteiger partial charge in [0.15, 0.2) is 0 Å². The molecule has 6 heteroatoms. The molecule has 4 rings (SSSR count). The molecule has 0 saturated heterocycles. The maximum Gasteiger partial charge on any atom is 0.259 e. The topological polar surface area (TPSA) is 66.0 Å². The maximum absolute atomic E-state index is 13.1. The Hall–Kier alpha value is -4.45. The highest BCUT2D eigenvalue weighted by atomic mass is 16.5. The van der Waals surface area contributed by atoms with Crippen molar-refractivity contribution in [2.75, 3.05) is 31.7 Å². The van der Waals surface area contributed by atoms with E-state index >= 15 is 0 Å². The van der Waals surface area contributed by atoms with Gasteiger partial charge in [-0.05, 0) is 48.5 Å². The Balaban J connectivity index is 1.31. The molecule has 0 saturated carbocycles. The van der Waals surface area contributed by atoms with Crippen molar-refractivity contribution in [3.8, 4) is 23.0 Å². The van der Waals surface area contributed by atoms with Gasteiger partial charge < -0.3 is 24.3 Å². The molecule has 4 aromatic rings. The Bertz CT molecular complexity index is 1200. The summed E-state index contributed by atoms with van der Waals surface area (Å²) in [7, 11) is 0. The highest BCUT2D eigenvalue weighted by molar-refractivity contribution is 6.06. The second kappa shape index (κ2) is 12.7. The Kier molecular flexibility index (Phi) is 8.60. The van der Waals surface area contributed by atoms with Gasteiger partial charge in [0.25, 0.3) is 5.91 Å². The summed E-state index contributed by atoms with van der Waals surface area (Å²) in [6, 6.07) is 33.5. The third kappa shape index (κ3) is 7.27. The molecule has 0 fully saturated rings. The number of hydrogen-bond donors (Lipinski definition) is 1. The lowest BCUT2D eigenvalue weighted by Crippen LogP contribution is -2.17. The van der Waals surface area contributed by atoms with Crippen molar-refractivity contribution in [3.05, 3.63) is 115 Å². The van der Waals surface area contributed by atoms with Crippen LogP contribution in [0.3, 0.4) is 0 Å². The van der Waals surface area contributed by atoms with Crippen LogP contribution in [-0.4, -0.2) is 32.3 Å². The summed E-state index contributed by atoms with van der Waals surface area (Å²) in [5.74, 6) is 2.31. The molecule has 1 N–H and O–H groups in total. The molecule has 0 spiro atoms. The van der Waals surface area contributed by atoms with Crippen LogP contribution >= 0.6 is 0 Å². The van der Waals surface area contributed by atoms with Gasteiger partial charge in [-0.2, -0.15) is 0 Å². The van der Waals surface area contributed by atoms with Gasteiger partial charge in [-0.15, -0.1) is 0 Å². The third-order valence-electron chi connectivity index (χ3n) is 4.97. The standard InChI is InChI=1S/C29H27NO5/c31-29(25-15-7-9-17-27(25)34-21-19-32-23-11-3-1-4-12-23)30-26-16-8-10-18-28(26)35-22-20-33-24-13-5-2-6-14-24/h1-18H,19-22H2,(H,30,31). The molecule has 0 radical (unpaired) electrons. The van der Waals surface area contributed by atoms with Crippen molar-refractivity contribution in [1.29, 1.82) is 0 Å². The summed E-state index contributed by atoms with van der Waals surface area (Å²) in [5.41, 5.74) is 0.994. The second-order valence-corrected chi connectivity index (χ2v) is 7.47. The third-order valence-corrected chi connectivity index (χ3v) is 4.97. The van der Waals surface area contributed by atoms with E-state index in [4.69, 9.17) is 18.9 Å². The Morgan fingerprint density at radius 1 is 0.514 bits per heavy atom. The first-order valence-corrected chi connectivity index (χ1v) is 11.4. The molecule has 0 aliphatic rings. The lowest BCUT2D eigenvalue weighted by Gasteiger charge is -2.15. The molecule has 4 aromatic carbocycles. The van der Waals surface area contributed by atoms with Crippen molar-refractivity contribution in [1.82, 2.24) is 0 Å². The minimum Gasteiger partial charge on any atom is -0.490 e. The molecular formula is C29H27NO5. The van der Waals surface area contributed by atoms with Gasteiger partial charge in [0, 0.05) is 0 Å². The summed E-state index contributed by atoms with van der Waals surface area (Å²) < 4.78 is 23.0. The predicted octanol–water partition coefficient (Wildman–Crippen LogP) is 5.85. The molecule has 0 bridgehead atoms. The average molecular weight is 470 g/mol. The van der Waals surface area contributed by atoms with Gasteiger partial charge in [-0.25, -0.2) is 0 Å². The number of anilines is 1. The van der Waals surface area contributed by atoms with Crippen molar-refractivity contribution in [2.24, 2.45) is 0 Å². The van der Waals surface area contributed by atoms with Gasteiger partial charge in [-0.3, -0.25) is 4.79 Å². The average Bonchev–Trinajstić information content (AvgIpc) is 2.91. The van der Waals surface area contributed by atoms with Crippen LogP contribution in [0.5, 0.6) is 23.0 Å². The Morgan fingerprint density at radius 3 is 1.60 bits per heavy atom. The Morgan fingerprint density at radius 2 is 0.971 bits per heavy atom. The fraction of sp³-hybridized carbons (Fsp3) is 0.138. The van der Waals surface area contributed by atoms with Crippen LogP contribution in [0, 0.1) is 0 Å². The first-order chi connectivity index (χ1) is 17.3. The Labute approximate surface area is 205 Å². The van der Waals surface area contributed by atoms with Gasteiger partial charge in [0.1, 0.15) is 49.4 Å². The fourth-order valence-corrected chi connectivity index (χ4v) is 3.32. The van der Waals surface area contributed by atoms with Crippen molar-refractivity contribution >= 4 is 11.6 Å². The molecule has 0 aliphatic carbocycles. The molecule has 35 heavy (non-hydrogen) atoms. The summed E-state index contributed by atoms with van der Waals surface area (Å²) >= 11 is 0. The molecular weight excluding hydrogens is 442 g/mol. The minimum absolute atomic E-state index is 0.291. The number of carbonyl (C=O) groups excluding carboxylic acids is 1. The van der Waals surface area contributed by atoms with E-state index in [-0.39, 0.29) is 5.91 Å². The van der Waals surface area contributed by atoms with Crippen LogP contribution in [0.1, 0.15) is 10.4 Å². The fourth-order valence-electron chi connectivity index (χ4n) is 3.32. The SMILES string of the molecule is O=C(Nc1ccccc1OCCOc1ccccc1)c1ccccc1OCCOc1ccccc1. The van der Waals surface area contributed by atoms with Crippen molar-refractivity contribution < 1.29 is 23.7 Å². The second-order valence-electron chi connectivity index (χ2n) is 7.47. The smallest absolute Gasteiger partial charge is 0.259 e. The van der Waals surface area contributed by atoms with E-state index < -0.39 is 0 Å². The van der Waals surface area contributed by atoms with E-state index in [0.29, 0.717) is 49.2 Å². The molecule has 1 amide bonds. The monoisotopic (exact) mass is 469 g/mol. The number of ether oxygens (including phenoxy) is 4. The number of nitrogens with one attached hydrogen (secondary N) is 1. The molecule has 0 heterocycles. The zero-order valence-electron chi connectivity index (χ0n) is 19.3. The number of rotatable bonds is 12. The summed E-state index contributed by atoms with van der Waals surface area (Å²) in [5, 5.41) is 2.93. The number of benzene rings is 4. The molecule has 0 atom stereocenters. The molecule has 6 nitrogen and oxygen atoms in total. The minimum atomic E-state index is -0.291. The van der Waals surface area contributed by atoms with E-state index in [2.05, 4.69) is 5.32 Å². The lowest BCUT2D eigenvalue weighted by molar-refractivity contribution is 0.102. The summed E-state index contributed by atoms with van der Waals surface area (Å²) in [4.78, 5) is 13.1. The highest BCUT2D eigenvalue weighted by Crippen LogP contribution is 2.26. The van der Waals surface area contributed by atoms with E-state index in [1.54, 1.807) is 30.3 Å². The first kappa shape index (κ1) is 23.7. The maximum atomic E-state index is 13.1. The summed E-state index contributed by atoms with van der Waals surface area (Å²) in [6.45, 7) is 1.39. The zero-order chi connectivity index (χ0) is 24.1. The van der Waals surface area contributed by atoms with Crippen LogP contribution < -0.4 is 24.3 Å². The normalized spacial score (nSPS) is 10.3. The zero-order valence-corrected chi connectivity index (χ0v) is 19.3. The number of carbonyl (C=O) groups is 1. The van der Waals surface area contributed by atoms with E-state index in [1.807, 2.05) is 78.9 Å². The quantitative estimate of drug-likeness (QED) is 0.264. The number of hydrogen-bond acceptors (Lipinski definition) is 5. The van der Waals surface area contributed by atoms with Crippen LogP contribution in [-0.2, 0) is 0 Å². The van der Waals surface area contributed by atoms with Crippen LogP contribution in [0.2, 0.25) is 0 Å². The molecule has 0 aromatic heterocycles. The van der Waals surface area contributed by atoms with E-state index in [0.717, 1.165) is 11.5 Å². The van der Waals surface area contributed by atoms with Gasteiger partial charge in [0.2, 0.25) is 0 Å². The van der Waals surface area contributed by atoms with E-state index in [9.17, 15) is 4.79 Å². The van der Waals surface area contributed by atoms with Crippen LogP contribution in [0.15, 0.2) is 109 Å². The van der Waals surface area contributed by atoms with Crippen molar-refractivity contribution in [3.63, 3.8) is 0 Å². The summed E-state index contributed by atoms with van der Waals surface area (Å²) in [6.07, 6.45) is 0. The van der Waals surface area contributed by atoms with Gasteiger partial charge in [-0.1, -0.05) is 60.7 Å². The van der Waals surface area contributed by atoms with Crippen molar-refractivity contribution in [2.45, 2.75) is 0 Å². The number of amides is 1. The van der Waals surface area contributed by atoms with E-state index in [1.165, 1.54) is 0 Å². The molecule has 178 valence electrons. The molecule has 0 unspecified atom stereocenters. The number of para-hydroxylation sites is 5.